The van der Waals surface area contributed by atoms with Crippen LogP contribution in [-0.4, -0.2) is 0 Å². The predicted octanol–water partition coefficient (Wildman–Crippen LogP) is 15.1. The summed E-state index contributed by atoms with van der Waals surface area (Å²) in [6, 6.07) is 65.6. The van der Waals surface area contributed by atoms with Crippen molar-refractivity contribution >= 4 is 87.0 Å². The molecule has 2 heterocycles. The van der Waals surface area contributed by atoms with Crippen molar-refractivity contribution in [2.24, 2.45) is 0 Å². The Labute approximate surface area is 310 Å². The van der Waals surface area contributed by atoms with E-state index in [1.165, 1.54) is 70.9 Å². The van der Waals surface area contributed by atoms with Gasteiger partial charge in [-0.2, -0.15) is 0 Å². The molecule has 0 amide bonds. The summed E-state index contributed by atoms with van der Waals surface area (Å²) in [7, 11) is 0. The van der Waals surface area contributed by atoms with Crippen LogP contribution in [0.25, 0.3) is 120 Å². The van der Waals surface area contributed by atoms with E-state index < -0.39 is 0 Å². The highest BCUT2D eigenvalue weighted by molar-refractivity contribution is 6.29. The van der Waals surface area contributed by atoms with Crippen molar-refractivity contribution in [1.82, 2.24) is 0 Å². The molecule has 0 unspecified atom stereocenters. The van der Waals surface area contributed by atoms with Crippen LogP contribution in [0.3, 0.4) is 0 Å². The normalized spacial score (nSPS) is 12.1. The minimum absolute atomic E-state index is 0.839. The second-order valence-electron chi connectivity index (χ2n) is 14.3. The lowest BCUT2D eigenvalue weighted by Crippen LogP contribution is -1.92. The van der Waals surface area contributed by atoms with Gasteiger partial charge < -0.3 is 8.83 Å². The van der Waals surface area contributed by atoms with E-state index in [1.54, 1.807) is 0 Å². The van der Waals surface area contributed by atoms with Gasteiger partial charge in [-0.15, -0.1) is 0 Å². The molecule has 54 heavy (non-hydrogen) atoms. The molecule has 250 valence electrons. The molecule has 0 saturated heterocycles. The number of rotatable bonds is 3. The van der Waals surface area contributed by atoms with Gasteiger partial charge in [-0.05, 0) is 101 Å². The fourth-order valence-corrected chi connectivity index (χ4v) is 9.22. The van der Waals surface area contributed by atoms with Gasteiger partial charge >= 0.3 is 0 Å². The Bertz CT molecular complexity index is 3430. The maximum atomic E-state index is 6.89. The first kappa shape index (κ1) is 29.4. The van der Waals surface area contributed by atoms with Crippen LogP contribution in [0.15, 0.2) is 191 Å². The molecule has 2 heteroatoms. The quantitative estimate of drug-likeness (QED) is 0.173. The third-order valence-corrected chi connectivity index (χ3v) is 11.5. The standard InChI is InChI=1S/C52H30O2/c1-2-14-31(15-3-1)48-37-20-8-10-22-39(37)49(40-23-11-9-21-38(40)48)41-27-26-35(32-16-4-5-17-33(32)41)44-30-47-50(36-19-7-6-18-34(36)44)43-28-29-46-51(52(43)54-47)42-24-12-13-25-45(42)53-46/h1-30H. The van der Waals surface area contributed by atoms with Gasteiger partial charge in [-0.25, -0.2) is 0 Å². The molecule has 12 aromatic rings. The average Bonchev–Trinajstić information content (AvgIpc) is 3.81. The van der Waals surface area contributed by atoms with Gasteiger partial charge in [-0.3, -0.25) is 0 Å². The van der Waals surface area contributed by atoms with E-state index in [9.17, 15) is 0 Å². The monoisotopic (exact) mass is 686 g/mol. The predicted molar refractivity (Wildman–Crippen MR) is 227 cm³/mol. The topological polar surface area (TPSA) is 26.3 Å². The van der Waals surface area contributed by atoms with Gasteiger partial charge in [0.05, 0.1) is 5.39 Å². The largest absolute Gasteiger partial charge is 0.456 e. The Balaban J connectivity index is 1.15. The van der Waals surface area contributed by atoms with Crippen molar-refractivity contribution < 1.29 is 8.83 Å². The van der Waals surface area contributed by atoms with Crippen LogP contribution in [-0.2, 0) is 0 Å². The molecule has 10 aromatic carbocycles. The molecule has 0 saturated carbocycles. The molecule has 12 rings (SSSR count). The molecule has 0 fully saturated rings. The maximum absolute atomic E-state index is 6.89. The smallest absolute Gasteiger partial charge is 0.147 e. The van der Waals surface area contributed by atoms with E-state index in [-0.39, 0.29) is 0 Å². The summed E-state index contributed by atoms with van der Waals surface area (Å²) in [5.41, 5.74) is 10.8. The number of furan rings is 2. The SMILES string of the molecule is c1ccc(-c2c3ccccc3c(-c3ccc(-c4cc5oc6c(ccc7oc8ccccc8c76)c5c5ccccc45)c4ccccc34)c3ccccc23)cc1. The number of hydrogen-bond donors (Lipinski definition) is 0. The van der Waals surface area contributed by atoms with Crippen LogP contribution in [0.2, 0.25) is 0 Å². The highest BCUT2D eigenvalue weighted by Crippen LogP contribution is 2.48. The first-order valence-corrected chi connectivity index (χ1v) is 18.5. The van der Waals surface area contributed by atoms with Crippen LogP contribution >= 0.6 is 0 Å². The lowest BCUT2D eigenvalue weighted by atomic mass is 9.83. The Morgan fingerprint density at radius 1 is 0.259 bits per heavy atom. The molecule has 0 N–H and O–H groups in total. The molecular weight excluding hydrogens is 657 g/mol. The van der Waals surface area contributed by atoms with E-state index in [2.05, 4.69) is 170 Å². The van der Waals surface area contributed by atoms with Gasteiger partial charge in [0, 0.05) is 16.2 Å². The fourth-order valence-electron chi connectivity index (χ4n) is 9.22. The molecule has 2 nitrogen and oxygen atoms in total. The summed E-state index contributed by atoms with van der Waals surface area (Å²) >= 11 is 0. The molecule has 0 spiro atoms. The van der Waals surface area contributed by atoms with Gasteiger partial charge in [0.15, 0.2) is 0 Å². The molecule has 2 aromatic heterocycles. The number of hydrogen-bond acceptors (Lipinski definition) is 2. The molecule has 0 bridgehead atoms. The highest BCUT2D eigenvalue weighted by atomic mass is 16.3. The van der Waals surface area contributed by atoms with Crippen molar-refractivity contribution in [1.29, 1.82) is 0 Å². The number of para-hydroxylation sites is 1. The molecule has 0 aliphatic rings. The zero-order valence-corrected chi connectivity index (χ0v) is 29.1. The summed E-state index contributed by atoms with van der Waals surface area (Å²) in [4.78, 5) is 0. The van der Waals surface area contributed by atoms with E-state index in [1.807, 2.05) is 12.1 Å². The number of benzene rings is 10. The Morgan fingerprint density at radius 2 is 0.778 bits per heavy atom. The van der Waals surface area contributed by atoms with Crippen LogP contribution in [0, 0.1) is 0 Å². The Morgan fingerprint density at radius 3 is 1.46 bits per heavy atom. The van der Waals surface area contributed by atoms with Gasteiger partial charge in [0.2, 0.25) is 0 Å². The van der Waals surface area contributed by atoms with Crippen molar-refractivity contribution in [3.63, 3.8) is 0 Å². The van der Waals surface area contributed by atoms with Crippen molar-refractivity contribution in [2.45, 2.75) is 0 Å². The summed E-state index contributed by atoms with van der Waals surface area (Å²) in [5, 5.41) is 14.1. The van der Waals surface area contributed by atoms with Gasteiger partial charge in [0.25, 0.3) is 0 Å². The van der Waals surface area contributed by atoms with Gasteiger partial charge in [0.1, 0.15) is 22.3 Å². The summed E-state index contributed by atoms with van der Waals surface area (Å²) < 4.78 is 13.1. The maximum Gasteiger partial charge on any atom is 0.147 e. The Hall–Kier alpha value is -7.16. The zero-order chi connectivity index (χ0) is 35.3. The summed E-state index contributed by atoms with van der Waals surface area (Å²) in [5.74, 6) is 0. The Kier molecular flexibility index (Phi) is 6.09. The van der Waals surface area contributed by atoms with E-state index in [0.29, 0.717) is 0 Å². The van der Waals surface area contributed by atoms with E-state index in [0.717, 1.165) is 49.4 Å². The first-order valence-electron chi connectivity index (χ1n) is 18.5. The van der Waals surface area contributed by atoms with Gasteiger partial charge in [-0.1, -0.05) is 158 Å². The van der Waals surface area contributed by atoms with Crippen molar-refractivity contribution in [2.75, 3.05) is 0 Å². The summed E-state index contributed by atoms with van der Waals surface area (Å²) in [6.07, 6.45) is 0. The second kappa shape index (κ2) is 11.2. The molecule has 0 radical (unpaired) electrons. The zero-order valence-electron chi connectivity index (χ0n) is 29.1. The first-order chi connectivity index (χ1) is 26.8. The second-order valence-corrected chi connectivity index (χ2v) is 14.3. The molecule has 0 aliphatic heterocycles. The molecule has 0 atom stereocenters. The minimum atomic E-state index is 0.839. The third kappa shape index (κ3) is 4.05. The summed E-state index contributed by atoms with van der Waals surface area (Å²) in [6.45, 7) is 0. The van der Waals surface area contributed by atoms with Crippen LogP contribution in [0.4, 0.5) is 0 Å². The van der Waals surface area contributed by atoms with Crippen molar-refractivity contribution in [3.8, 4) is 33.4 Å². The van der Waals surface area contributed by atoms with Crippen LogP contribution < -0.4 is 0 Å². The average molecular weight is 687 g/mol. The van der Waals surface area contributed by atoms with Crippen LogP contribution in [0.5, 0.6) is 0 Å². The highest BCUT2D eigenvalue weighted by Gasteiger charge is 2.22. The fraction of sp³-hybridized carbons (Fsp3) is 0. The lowest BCUT2D eigenvalue weighted by molar-refractivity contribution is 0.663. The number of fused-ring (bicyclic) bond motifs is 12. The van der Waals surface area contributed by atoms with Crippen molar-refractivity contribution in [3.05, 3.63) is 182 Å². The molecule has 0 aliphatic carbocycles. The lowest BCUT2D eigenvalue weighted by Gasteiger charge is -2.20. The molecular formula is C52H30O2. The van der Waals surface area contributed by atoms with E-state index >= 15 is 0 Å². The minimum Gasteiger partial charge on any atom is -0.456 e. The third-order valence-electron chi connectivity index (χ3n) is 11.5. The van der Waals surface area contributed by atoms with E-state index in [4.69, 9.17) is 8.83 Å². The van der Waals surface area contributed by atoms with Crippen LogP contribution in [0.1, 0.15) is 0 Å².